The van der Waals surface area contributed by atoms with E-state index in [4.69, 9.17) is 0 Å². The van der Waals surface area contributed by atoms with Gasteiger partial charge in [0.2, 0.25) is 0 Å². The molecule has 0 amide bonds. The van der Waals surface area contributed by atoms with Crippen molar-refractivity contribution in [3.63, 3.8) is 0 Å². The predicted octanol–water partition coefficient (Wildman–Crippen LogP) is -2.12. The Labute approximate surface area is 44.8 Å². The molecule has 0 aliphatic rings. The molecule has 0 saturated heterocycles. The molecule has 0 aromatic rings. The molecule has 28 valence electrons. The fraction of sp³-hybridized carbons (Fsp3) is 0. The van der Waals surface area contributed by atoms with Gasteiger partial charge in [-0.3, -0.25) is 0 Å². The van der Waals surface area contributed by atoms with Gasteiger partial charge < -0.3 is 11.6 Å². The summed E-state index contributed by atoms with van der Waals surface area (Å²) >= 11 is 0. The van der Waals surface area contributed by atoms with Gasteiger partial charge in [0, 0.05) is 21.7 Å². The molecule has 4 heteroatoms. The van der Waals surface area contributed by atoms with Crippen LogP contribution >= 0.6 is 0 Å². The first kappa shape index (κ1) is 99.3. The molecule has 0 fully saturated rings. The molecule has 0 spiro atoms. The summed E-state index contributed by atoms with van der Waals surface area (Å²) in [5.41, 5.74) is 0. The van der Waals surface area contributed by atoms with Gasteiger partial charge in [-0.1, -0.05) is 0 Å². The van der Waals surface area contributed by atoms with Gasteiger partial charge in [-0.2, -0.15) is 0 Å². The number of hydrogen-bond acceptors (Lipinski definition) is 1. The summed E-state index contributed by atoms with van der Waals surface area (Å²) in [6, 6.07) is 0. The van der Waals surface area contributed by atoms with E-state index in [1.807, 2.05) is 0 Å². The predicted molar refractivity (Wildman–Crippen MR) is 20.0 cm³/mol. The smallest absolute Gasteiger partial charge is 0 e. The average Bonchev–Trinajstić information content (AvgIpc) is 0. The van der Waals surface area contributed by atoms with Crippen molar-refractivity contribution in [3.8, 4) is 0 Å². The van der Waals surface area contributed by atoms with Crippen molar-refractivity contribution in [1.82, 2.24) is 6.15 Å². The SMILES string of the molecule is N.O.[SiH4].[Ti]. The molecule has 5 N–H and O–H groups in total. The first-order valence-corrected chi connectivity index (χ1v) is 0. The van der Waals surface area contributed by atoms with E-state index in [0.29, 0.717) is 0 Å². The molecule has 0 bridgehead atoms. The van der Waals surface area contributed by atoms with Crippen LogP contribution in [0.2, 0.25) is 0 Å². The largest absolute Gasteiger partial charge is 0.412 e. The van der Waals surface area contributed by atoms with Crippen LogP contribution in [0.25, 0.3) is 0 Å². The van der Waals surface area contributed by atoms with Crippen LogP contribution in [0.1, 0.15) is 0 Å². The molecule has 0 saturated carbocycles. The Morgan fingerprint density at radius 2 is 1.00 bits per heavy atom. The van der Waals surface area contributed by atoms with E-state index in [-0.39, 0.29) is 44.3 Å². The van der Waals surface area contributed by atoms with E-state index in [9.17, 15) is 0 Å². The van der Waals surface area contributed by atoms with E-state index in [1.165, 1.54) is 0 Å². The van der Waals surface area contributed by atoms with Gasteiger partial charge in [0.1, 0.15) is 0 Å². The fourth-order valence-electron chi connectivity index (χ4n) is 0. The third-order valence-electron chi connectivity index (χ3n) is 0. The van der Waals surface area contributed by atoms with Crippen molar-refractivity contribution in [2.45, 2.75) is 0 Å². The first-order valence-electron chi connectivity index (χ1n) is 0. The molecule has 0 atom stereocenters. The van der Waals surface area contributed by atoms with Crippen molar-refractivity contribution in [1.29, 1.82) is 0 Å². The summed E-state index contributed by atoms with van der Waals surface area (Å²) in [6.07, 6.45) is 0. The van der Waals surface area contributed by atoms with Crippen LogP contribution in [0.4, 0.5) is 0 Å². The van der Waals surface area contributed by atoms with Gasteiger partial charge in [-0.15, -0.1) is 0 Å². The summed E-state index contributed by atoms with van der Waals surface area (Å²) in [5, 5.41) is 0. The minimum atomic E-state index is 0. The summed E-state index contributed by atoms with van der Waals surface area (Å²) in [7, 11) is 0. The number of rotatable bonds is 0. The van der Waals surface area contributed by atoms with Gasteiger partial charge in [0.05, 0.1) is 0 Å². The maximum Gasteiger partial charge on any atom is 0 e. The zero-order valence-corrected chi connectivity index (χ0v) is 3.27. The van der Waals surface area contributed by atoms with E-state index < -0.39 is 0 Å². The van der Waals surface area contributed by atoms with Crippen LogP contribution in [0.3, 0.4) is 0 Å². The van der Waals surface area contributed by atoms with Crippen LogP contribution in [-0.4, -0.2) is 16.4 Å². The molecule has 0 aliphatic heterocycles. The van der Waals surface area contributed by atoms with Crippen molar-refractivity contribution < 1.29 is 27.2 Å². The van der Waals surface area contributed by atoms with Crippen LogP contribution in [0.15, 0.2) is 0 Å². The normalized spacial score (nSPS) is 0. The van der Waals surface area contributed by atoms with Crippen LogP contribution < -0.4 is 6.15 Å². The maximum atomic E-state index is 0. The zero-order chi connectivity index (χ0) is 0. The topological polar surface area (TPSA) is 66.5 Å². The molecular weight excluding hydrogens is 106 g/mol. The molecule has 0 radical (unpaired) electrons. The standard InChI is InChI=1S/H3N.H2O.H4Si.Ti/h1H3;1H2;1H4;. The minimum absolute atomic E-state index is 0. The molecule has 4 heavy (non-hydrogen) atoms. The van der Waals surface area contributed by atoms with Crippen molar-refractivity contribution in [3.05, 3.63) is 0 Å². The second kappa shape index (κ2) is 43.2. The summed E-state index contributed by atoms with van der Waals surface area (Å²) in [4.78, 5) is 0. The van der Waals surface area contributed by atoms with Crippen molar-refractivity contribution in [2.24, 2.45) is 0 Å². The maximum absolute atomic E-state index is 0. The Morgan fingerprint density at radius 1 is 1.00 bits per heavy atom. The van der Waals surface area contributed by atoms with Crippen LogP contribution in [-0.2, 0) is 21.7 Å². The monoisotopic (exact) mass is 115 g/mol. The second-order valence-electron chi connectivity index (χ2n) is 0. The molecule has 0 heterocycles. The Balaban J connectivity index is 0. The van der Waals surface area contributed by atoms with Gasteiger partial charge >= 0.3 is 0 Å². The Kier molecular flexibility index (Phi) is 1070. The van der Waals surface area contributed by atoms with Crippen molar-refractivity contribution in [2.75, 3.05) is 0 Å². The van der Waals surface area contributed by atoms with Gasteiger partial charge in [0.25, 0.3) is 0 Å². The van der Waals surface area contributed by atoms with Crippen LogP contribution in [0.5, 0.6) is 0 Å². The summed E-state index contributed by atoms with van der Waals surface area (Å²) < 4.78 is 0. The molecule has 0 aliphatic carbocycles. The van der Waals surface area contributed by atoms with Gasteiger partial charge in [-0.05, 0) is 11.0 Å². The molecule has 2 nitrogen and oxygen atoms in total. The summed E-state index contributed by atoms with van der Waals surface area (Å²) in [6.45, 7) is 0. The molecule has 0 rings (SSSR count). The molecule has 0 unspecified atom stereocenters. The Morgan fingerprint density at radius 3 is 1.00 bits per heavy atom. The number of hydrogen-bond donors (Lipinski definition) is 1. The van der Waals surface area contributed by atoms with Crippen molar-refractivity contribution >= 4 is 11.0 Å². The Hall–Kier alpha value is 0.851. The third-order valence-corrected chi connectivity index (χ3v) is 0. The van der Waals surface area contributed by atoms with E-state index in [0.717, 1.165) is 0 Å². The molecule has 0 aromatic carbocycles. The second-order valence-corrected chi connectivity index (χ2v) is 0. The average molecular weight is 115 g/mol. The van der Waals surface area contributed by atoms with E-state index in [1.54, 1.807) is 0 Å². The van der Waals surface area contributed by atoms with Gasteiger partial charge in [0.15, 0.2) is 0 Å². The molecular formula is H9NOSiTi. The zero-order valence-electron chi connectivity index (χ0n) is 1.71. The minimum Gasteiger partial charge on any atom is -0.412 e. The van der Waals surface area contributed by atoms with Crippen LogP contribution in [0, 0.1) is 0 Å². The third kappa shape index (κ3) is 13.5. The first-order chi connectivity index (χ1) is 0. The van der Waals surface area contributed by atoms with Gasteiger partial charge in [-0.25, -0.2) is 0 Å². The summed E-state index contributed by atoms with van der Waals surface area (Å²) in [5.74, 6) is 0. The molecule has 0 aromatic heterocycles. The Bertz CT molecular complexity index is 8.00. The van der Waals surface area contributed by atoms with E-state index in [2.05, 4.69) is 0 Å². The fourth-order valence-corrected chi connectivity index (χ4v) is 0. The van der Waals surface area contributed by atoms with E-state index >= 15 is 0 Å². The quantitative estimate of drug-likeness (QED) is 0.360.